The molecule has 0 spiro atoms. The van der Waals surface area contributed by atoms with Crippen molar-refractivity contribution in [3.05, 3.63) is 57.2 Å². The molecule has 2 aromatic rings. The van der Waals surface area contributed by atoms with Crippen molar-refractivity contribution in [1.29, 1.82) is 0 Å². The quantitative estimate of drug-likeness (QED) is 0.355. The van der Waals surface area contributed by atoms with Crippen molar-refractivity contribution in [2.45, 2.75) is 65.1 Å². The fraction of sp³-hybridized carbons (Fsp3) is 0.586. The number of hydrogen-bond acceptors (Lipinski definition) is 10. The topological polar surface area (TPSA) is 86.2 Å². The van der Waals surface area contributed by atoms with E-state index in [4.69, 9.17) is 9.73 Å². The Morgan fingerprint density at radius 3 is 2.69 bits per heavy atom. The monoisotopic (exact) mass is 605 g/mol. The van der Waals surface area contributed by atoms with Crippen LogP contribution in [-0.2, 0) is 9.53 Å². The first-order valence-corrected chi connectivity index (χ1v) is 15.0. The van der Waals surface area contributed by atoms with Gasteiger partial charge in [-0.25, -0.2) is 33.6 Å². The Labute approximate surface area is 248 Å². The molecule has 1 N–H and O–H groups in total. The number of thiazole rings is 1. The van der Waals surface area contributed by atoms with Crippen LogP contribution >= 0.6 is 11.3 Å². The van der Waals surface area contributed by atoms with Crippen molar-refractivity contribution in [1.82, 2.24) is 30.2 Å². The largest absolute Gasteiger partial charge is 0.463 e. The van der Waals surface area contributed by atoms with Gasteiger partial charge in [0.1, 0.15) is 12.1 Å². The first-order chi connectivity index (χ1) is 19.8. The average molecular weight is 606 g/mol. The lowest BCUT2D eigenvalue weighted by molar-refractivity contribution is -0.139. The third kappa shape index (κ3) is 6.10. The van der Waals surface area contributed by atoms with Gasteiger partial charge < -0.3 is 10.1 Å². The number of carbonyl (C=O) groups excluding carboxylic acids is 1. The summed E-state index contributed by atoms with van der Waals surface area (Å²) in [6.07, 6.45) is 2.41. The number of carbonyl (C=O) groups is 1. The molecule has 0 aliphatic carbocycles. The molecule has 2 saturated heterocycles. The number of aromatic nitrogens is 2. The van der Waals surface area contributed by atoms with E-state index in [1.807, 2.05) is 17.1 Å². The number of pyridine rings is 1. The van der Waals surface area contributed by atoms with E-state index in [0.717, 1.165) is 6.42 Å². The number of nitrogens with zero attached hydrogens (tertiary/aromatic N) is 6. The number of ether oxygens (including phenoxy) is 1. The van der Waals surface area contributed by atoms with Gasteiger partial charge in [0.05, 0.1) is 18.7 Å². The second kappa shape index (κ2) is 11.7. The molecule has 9 nitrogen and oxygen atoms in total. The second-order valence-corrected chi connectivity index (χ2v) is 13.2. The highest BCUT2D eigenvalue weighted by molar-refractivity contribution is 7.11. The molecule has 228 valence electrons. The third-order valence-corrected chi connectivity index (χ3v) is 8.77. The fourth-order valence-corrected chi connectivity index (χ4v) is 6.58. The zero-order valence-electron chi connectivity index (χ0n) is 24.8. The summed E-state index contributed by atoms with van der Waals surface area (Å²) in [5, 5.41) is 9.33. The SMILES string of the molecule is CCOC(=O)C1=C(CN2CC(F)(F)C3C2CN(C)N3CCC(C)(C)C)NC(c2nccs2)=NC1c1ccc(F)nc1C. The fourth-order valence-electron chi connectivity index (χ4n) is 5.99. The summed E-state index contributed by atoms with van der Waals surface area (Å²) in [6, 6.07) is 0.439. The highest BCUT2D eigenvalue weighted by atomic mass is 32.1. The van der Waals surface area contributed by atoms with Gasteiger partial charge >= 0.3 is 5.97 Å². The molecule has 5 heterocycles. The van der Waals surface area contributed by atoms with Crippen LogP contribution in [0.1, 0.15) is 56.4 Å². The minimum Gasteiger partial charge on any atom is -0.463 e. The molecular weight excluding hydrogens is 567 g/mol. The van der Waals surface area contributed by atoms with Crippen molar-refractivity contribution in [2.75, 3.05) is 39.8 Å². The predicted octanol–water partition coefficient (Wildman–Crippen LogP) is 4.18. The van der Waals surface area contributed by atoms with E-state index in [1.54, 1.807) is 36.4 Å². The normalized spacial score (nSPS) is 25.0. The molecule has 2 aromatic heterocycles. The molecule has 3 unspecified atom stereocenters. The summed E-state index contributed by atoms with van der Waals surface area (Å²) in [7, 11) is 1.85. The van der Waals surface area contributed by atoms with Gasteiger partial charge in [-0.3, -0.25) is 9.89 Å². The number of aryl methyl sites for hydroxylation is 1. The summed E-state index contributed by atoms with van der Waals surface area (Å²) >= 11 is 1.36. The molecule has 0 bridgehead atoms. The molecular formula is C29H38F3N7O2S. The number of halogens is 3. The van der Waals surface area contributed by atoms with Crippen molar-refractivity contribution in [3.8, 4) is 0 Å². The number of hydrogen-bond donors (Lipinski definition) is 1. The lowest BCUT2D eigenvalue weighted by Crippen LogP contribution is -2.49. The molecule has 3 atom stereocenters. The molecule has 13 heteroatoms. The molecule has 2 fully saturated rings. The minimum atomic E-state index is -2.96. The standard InChI is InChI=1S/C29H38F3N7O2S/c1-7-41-27(40)22-19(14-38-16-29(31,32)24-20(38)15-37(6)39(24)12-10-28(3,4)5)35-25(26-33-11-13-42-26)36-23(22)18-8-9-21(30)34-17(18)2/h8-9,11,13,20,23-24H,7,10,12,14-16H2,1-6H3,(H,35,36). The van der Waals surface area contributed by atoms with Crippen molar-refractivity contribution < 1.29 is 22.7 Å². The number of alkyl halides is 2. The van der Waals surface area contributed by atoms with Crippen LogP contribution in [0.25, 0.3) is 0 Å². The van der Waals surface area contributed by atoms with Crippen LogP contribution in [0, 0.1) is 18.3 Å². The Bertz CT molecular complexity index is 1380. The van der Waals surface area contributed by atoms with E-state index in [2.05, 4.69) is 36.1 Å². The van der Waals surface area contributed by atoms with Gasteiger partial charge in [-0.1, -0.05) is 26.8 Å². The summed E-state index contributed by atoms with van der Waals surface area (Å²) < 4.78 is 50.9. The first kappa shape index (κ1) is 30.6. The maximum Gasteiger partial charge on any atom is 0.338 e. The van der Waals surface area contributed by atoms with Crippen LogP contribution in [0.3, 0.4) is 0 Å². The summed E-state index contributed by atoms with van der Waals surface area (Å²) in [5.41, 5.74) is 1.49. The zero-order chi connectivity index (χ0) is 30.4. The summed E-state index contributed by atoms with van der Waals surface area (Å²) in [6.45, 7) is 10.3. The number of hydrazine groups is 1. The highest BCUT2D eigenvalue weighted by Crippen LogP contribution is 2.42. The number of esters is 1. The van der Waals surface area contributed by atoms with Crippen molar-refractivity contribution >= 4 is 23.1 Å². The Morgan fingerprint density at radius 1 is 1.29 bits per heavy atom. The summed E-state index contributed by atoms with van der Waals surface area (Å²) in [4.78, 5) is 28.4. The lowest BCUT2D eigenvalue weighted by Gasteiger charge is -2.34. The van der Waals surface area contributed by atoms with E-state index >= 15 is 8.78 Å². The van der Waals surface area contributed by atoms with Crippen molar-refractivity contribution in [2.24, 2.45) is 10.4 Å². The van der Waals surface area contributed by atoms with Crippen LogP contribution in [0.15, 0.2) is 40.0 Å². The number of nitrogens with one attached hydrogen (secondary N) is 1. The second-order valence-electron chi connectivity index (χ2n) is 12.3. The van der Waals surface area contributed by atoms with Gasteiger partial charge in [0.15, 0.2) is 10.8 Å². The number of fused-ring (bicyclic) bond motifs is 1. The van der Waals surface area contributed by atoms with Gasteiger partial charge in [-0.05, 0) is 31.7 Å². The summed E-state index contributed by atoms with van der Waals surface area (Å²) in [5.74, 6) is -3.83. The van der Waals surface area contributed by atoms with Gasteiger partial charge in [-0.15, -0.1) is 11.3 Å². The maximum absolute atomic E-state index is 15.7. The van der Waals surface area contributed by atoms with Gasteiger partial charge in [0, 0.05) is 61.3 Å². The van der Waals surface area contributed by atoms with Crippen LogP contribution in [-0.4, -0.2) is 94.5 Å². The molecule has 0 aromatic carbocycles. The van der Waals surface area contributed by atoms with Crippen LogP contribution < -0.4 is 5.32 Å². The van der Waals surface area contributed by atoms with E-state index in [9.17, 15) is 9.18 Å². The molecule has 3 aliphatic heterocycles. The van der Waals surface area contributed by atoms with E-state index in [0.29, 0.717) is 40.9 Å². The van der Waals surface area contributed by atoms with Crippen LogP contribution in [0.2, 0.25) is 0 Å². The van der Waals surface area contributed by atoms with Crippen molar-refractivity contribution in [3.63, 3.8) is 0 Å². The Kier molecular flexibility index (Phi) is 8.49. The van der Waals surface area contributed by atoms with Gasteiger partial charge in [0.25, 0.3) is 5.92 Å². The smallest absolute Gasteiger partial charge is 0.338 e. The van der Waals surface area contributed by atoms with E-state index in [-0.39, 0.29) is 24.1 Å². The molecule has 42 heavy (non-hydrogen) atoms. The molecule has 3 aliphatic rings. The van der Waals surface area contributed by atoms with Gasteiger partial charge in [0.2, 0.25) is 5.95 Å². The van der Waals surface area contributed by atoms with Crippen LogP contribution in [0.4, 0.5) is 13.2 Å². The predicted molar refractivity (Wildman–Crippen MR) is 155 cm³/mol. The first-order valence-electron chi connectivity index (χ1n) is 14.2. The highest BCUT2D eigenvalue weighted by Gasteiger charge is 2.61. The zero-order valence-corrected chi connectivity index (χ0v) is 25.6. The maximum atomic E-state index is 15.7. The third-order valence-electron chi connectivity index (χ3n) is 7.99. The number of amidine groups is 1. The number of likely N-dealkylation sites (N-methyl/N-ethyl adjacent to an activating group) is 1. The number of likely N-dealkylation sites (tertiary alicyclic amines) is 1. The van der Waals surface area contributed by atoms with Gasteiger partial charge in [-0.2, -0.15) is 4.39 Å². The van der Waals surface area contributed by atoms with E-state index in [1.165, 1.54) is 17.4 Å². The number of aliphatic imine (C=N–C) groups is 1. The average Bonchev–Trinajstić information content (AvgIpc) is 3.59. The molecule has 0 radical (unpaired) electrons. The van der Waals surface area contributed by atoms with E-state index < -0.39 is 42.5 Å². The molecule has 5 rings (SSSR count). The molecule has 0 amide bonds. The molecule has 0 saturated carbocycles. The Morgan fingerprint density at radius 2 is 2.05 bits per heavy atom. The Balaban J connectivity index is 1.54. The van der Waals surface area contributed by atoms with Crippen LogP contribution in [0.5, 0.6) is 0 Å². The minimum absolute atomic E-state index is 0.00575. The Hall–Kier alpha value is -2.87. The number of rotatable bonds is 8. The lowest BCUT2D eigenvalue weighted by atomic mass is 9.92.